The quantitative estimate of drug-likeness (QED) is 0.428. The first-order valence-electron chi connectivity index (χ1n) is 10.8. The Bertz CT molecular complexity index is 1170. The Hall–Kier alpha value is -2.20. The number of fused-ring (bicyclic) bond motifs is 5. The van der Waals surface area contributed by atoms with Gasteiger partial charge in [0.25, 0.3) is 0 Å². The van der Waals surface area contributed by atoms with E-state index in [-0.39, 0.29) is 18.2 Å². The molecule has 0 saturated heterocycles. The molecule has 2 aliphatic carbocycles. The van der Waals surface area contributed by atoms with Crippen LogP contribution in [-0.2, 0) is 27.2 Å². The Balaban J connectivity index is 1.44. The summed E-state index contributed by atoms with van der Waals surface area (Å²) in [5, 5.41) is 13.4. The largest absolute Gasteiger partial charge is 0.465 e. The smallest absolute Gasteiger partial charge is 0.325 e. The molecule has 31 heavy (non-hydrogen) atoms. The fraction of sp³-hybridized carbons (Fsp3) is 0.571. The van der Waals surface area contributed by atoms with Gasteiger partial charge in [-0.25, -0.2) is 4.98 Å². The van der Waals surface area contributed by atoms with Gasteiger partial charge in [0, 0.05) is 10.8 Å². The van der Waals surface area contributed by atoms with Crippen molar-refractivity contribution >= 4 is 50.8 Å². The highest BCUT2D eigenvalue weighted by atomic mass is 32.2. The summed E-state index contributed by atoms with van der Waals surface area (Å²) in [5.41, 5.74) is 2.25. The molecule has 5 rings (SSSR count). The number of carbonyl (C=O) groups is 2. The lowest BCUT2D eigenvalue weighted by Gasteiger charge is -2.17. The van der Waals surface area contributed by atoms with Crippen LogP contribution in [0.3, 0.4) is 0 Å². The van der Waals surface area contributed by atoms with E-state index in [0.717, 1.165) is 47.4 Å². The lowest BCUT2D eigenvalue weighted by atomic mass is 9.89. The number of nitrogens with one attached hydrogen (secondary N) is 1. The molecule has 164 valence electrons. The lowest BCUT2D eigenvalue weighted by Crippen LogP contribution is -2.31. The van der Waals surface area contributed by atoms with Crippen LogP contribution in [0.15, 0.2) is 5.16 Å². The van der Waals surface area contributed by atoms with Crippen LogP contribution in [0, 0.1) is 5.92 Å². The average Bonchev–Trinajstić information content (AvgIpc) is 3.41. The van der Waals surface area contributed by atoms with E-state index in [1.165, 1.54) is 28.6 Å². The summed E-state index contributed by atoms with van der Waals surface area (Å²) in [7, 11) is 0. The van der Waals surface area contributed by atoms with Crippen molar-refractivity contribution in [3.8, 4) is 0 Å². The average molecular weight is 460 g/mol. The minimum absolute atomic E-state index is 0.122. The summed E-state index contributed by atoms with van der Waals surface area (Å²) in [6.07, 6.45) is 5.60. The van der Waals surface area contributed by atoms with E-state index in [9.17, 15) is 9.59 Å². The van der Waals surface area contributed by atoms with Crippen molar-refractivity contribution in [3.63, 3.8) is 0 Å². The van der Waals surface area contributed by atoms with Crippen molar-refractivity contribution in [2.45, 2.75) is 57.0 Å². The summed E-state index contributed by atoms with van der Waals surface area (Å²) >= 11 is 3.14. The zero-order chi connectivity index (χ0) is 21.5. The molecule has 1 N–H and O–H groups in total. The van der Waals surface area contributed by atoms with E-state index >= 15 is 0 Å². The first-order chi connectivity index (χ1) is 15.0. The molecule has 1 atom stereocenters. The van der Waals surface area contributed by atoms with E-state index in [0.29, 0.717) is 23.6 Å². The van der Waals surface area contributed by atoms with E-state index in [2.05, 4.69) is 26.8 Å². The Morgan fingerprint density at radius 3 is 2.90 bits per heavy atom. The first-order valence-corrected chi connectivity index (χ1v) is 12.6. The molecule has 3 aromatic rings. The molecule has 0 bridgehead atoms. The van der Waals surface area contributed by atoms with E-state index < -0.39 is 5.97 Å². The van der Waals surface area contributed by atoms with Crippen molar-refractivity contribution in [3.05, 3.63) is 16.3 Å². The van der Waals surface area contributed by atoms with Crippen molar-refractivity contribution < 1.29 is 14.3 Å². The molecule has 2 aliphatic rings. The highest BCUT2D eigenvalue weighted by Gasteiger charge is 2.32. The van der Waals surface area contributed by atoms with Crippen LogP contribution in [0.1, 0.15) is 55.3 Å². The number of aryl methyl sites for hydroxylation is 1. The Morgan fingerprint density at radius 2 is 2.13 bits per heavy atom. The van der Waals surface area contributed by atoms with Gasteiger partial charge in [-0.1, -0.05) is 18.7 Å². The summed E-state index contributed by atoms with van der Waals surface area (Å²) in [6, 6.07) is 0. The molecule has 0 unspecified atom stereocenters. The van der Waals surface area contributed by atoms with Crippen LogP contribution in [0.25, 0.3) is 15.9 Å². The summed E-state index contributed by atoms with van der Waals surface area (Å²) in [6.45, 7) is 4.22. The molecule has 1 fully saturated rings. The van der Waals surface area contributed by atoms with Crippen molar-refractivity contribution in [1.29, 1.82) is 0 Å². The number of thiophene rings is 1. The number of aromatic nitrogens is 4. The van der Waals surface area contributed by atoms with Gasteiger partial charge in [-0.2, -0.15) is 0 Å². The van der Waals surface area contributed by atoms with Crippen LogP contribution < -0.4 is 5.32 Å². The number of hydrogen-bond acceptors (Lipinski definition) is 8. The molecule has 3 heterocycles. The van der Waals surface area contributed by atoms with Crippen LogP contribution in [0.2, 0.25) is 0 Å². The third kappa shape index (κ3) is 4.03. The monoisotopic (exact) mass is 459 g/mol. The number of thioether (sulfide) groups is 1. The van der Waals surface area contributed by atoms with Crippen molar-refractivity contribution in [2.75, 3.05) is 18.9 Å². The molecule has 0 spiro atoms. The molecule has 10 heteroatoms. The van der Waals surface area contributed by atoms with E-state index in [1.54, 1.807) is 6.92 Å². The standard InChI is InChI=1S/C21H25N5O3S2/c1-3-29-16(28)9-22-15(27)10-30-21-25-24-19-17-13-7-4-11(2)8-14(13)31-20(17)23-18(26(19)21)12-5-6-12/h11-12H,3-10H2,1-2H3,(H,22,27)/t11-/m1/s1. The summed E-state index contributed by atoms with van der Waals surface area (Å²) in [5.74, 6) is 1.62. The third-order valence-electron chi connectivity index (χ3n) is 5.81. The van der Waals surface area contributed by atoms with Crippen LogP contribution in [0.4, 0.5) is 0 Å². The second kappa shape index (κ2) is 8.38. The number of ether oxygens (including phenoxy) is 1. The van der Waals surface area contributed by atoms with Crippen LogP contribution in [-0.4, -0.2) is 50.4 Å². The van der Waals surface area contributed by atoms with Gasteiger partial charge in [0.05, 0.1) is 17.7 Å². The maximum absolute atomic E-state index is 12.2. The predicted octanol–water partition coefficient (Wildman–Crippen LogP) is 3.11. The van der Waals surface area contributed by atoms with Gasteiger partial charge < -0.3 is 10.1 Å². The molecular formula is C21H25N5O3S2. The van der Waals surface area contributed by atoms with Gasteiger partial charge in [0.1, 0.15) is 17.2 Å². The topological polar surface area (TPSA) is 98.5 Å². The number of carbonyl (C=O) groups excluding carboxylic acids is 2. The highest BCUT2D eigenvalue weighted by molar-refractivity contribution is 7.99. The highest BCUT2D eigenvalue weighted by Crippen LogP contribution is 2.44. The Kier molecular flexibility index (Phi) is 5.60. The SMILES string of the molecule is CCOC(=O)CNC(=O)CSc1nnc2c3c4c(sc3nc(C3CC3)n12)C[C@H](C)CC4. The van der Waals surface area contributed by atoms with Gasteiger partial charge >= 0.3 is 5.97 Å². The molecule has 0 aromatic carbocycles. The molecule has 8 nitrogen and oxygen atoms in total. The van der Waals surface area contributed by atoms with Gasteiger partial charge in [-0.15, -0.1) is 21.5 Å². The number of esters is 1. The van der Waals surface area contributed by atoms with Crippen molar-refractivity contribution in [1.82, 2.24) is 24.9 Å². The van der Waals surface area contributed by atoms with Gasteiger partial charge in [-0.3, -0.25) is 14.0 Å². The van der Waals surface area contributed by atoms with Gasteiger partial charge in [0.2, 0.25) is 5.91 Å². The molecule has 1 amide bonds. The maximum Gasteiger partial charge on any atom is 0.325 e. The number of amides is 1. The molecule has 0 aliphatic heterocycles. The van der Waals surface area contributed by atoms with Crippen LogP contribution in [0.5, 0.6) is 0 Å². The normalized spacial score (nSPS) is 18.3. The Morgan fingerprint density at radius 1 is 1.29 bits per heavy atom. The summed E-state index contributed by atoms with van der Waals surface area (Å²) < 4.78 is 6.90. The predicted molar refractivity (Wildman–Crippen MR) is 120 cm³/mol. The molecular weight excluding hydrogens is 434 g/mol. The minimum Gasteiger partial charge on any atom is -0.465 e. The van der Waals surface area contributed by atoms with Gasteiger partial charge in [0.15, 0.2) is 10.8 Å². The maximum atomic E-state index is 12.2. The second-order valence-electron chi connectivity index (χ2n) is 8.29. The van der Waals surface area contributed by atoms with Gasteiger partial charge in [-0.05, 0) is 50.5 Å². The fourth-order valence-electron chi connectivity index (χ4n) is 4.11. The van der Waals surface area contributed by atoms with E-state index in [1.807, 2.05) is 11.3 Å². The number of nitrogens with zero attached hydrogens (tertiary/aromatic N) is 4. The minimum atomic E-state index is -0.437. The van der Waals surface area contributed by atoms with Crippen LogP contribution >= 0.6 is 23.1 Å². The lowest BCUT2D eigenvalue weighted by molar-refractivity contribution is -0.143. The number of hydrogen-bond donors (Lipinski definition) is 1. The first kappa shape index (κ1) is 20.7. The summed E-state index contributed by atoms with van der Waals surface area (Å²) in [4.78, 5) is 31.2. The van der Waals surface area contributed by atoms with E-state index in [4.69, 9.17) is 9.72 Å². The van der Waals surface area contributed by atoms with Crippen molar-refractivity contribution in [2.24, 2.45) is 5.92 Å². The second-order valence-corrected chi connectivity index (χ2v) is 10.3. The molecule has 1 saturated carbocycles. The zero-order valence-electron chi connectivity index (χ0n) is 17.6. The molecule has 3 aromatic heterocycles. The fourth-order valence-corrected chi connectivity index (χ4v) is 6.27. The zero-order valence-corrected chi connectivity index (χ0v) is 19.3. The number of rotatable bonds is 7. The Labute approximate surface area is 188 Å². The third-order valence-corrected chi connectivity index (χ3v) is 7.88. The molecule has 0 radical (unpaired) electrons.